The molecular formula is C24H28N+. The van der Waals surface area contributed by atoms with Crippen molar-refractivity contribution < 1.29 is 7.31 Å². The molecule has 1 aliphatic carbocycles. The largest absolute Gasteiger partial charge is 0.220 e. The van der Waals surface area contributed by atoms with Gasteiger partial charge in [0.2, 0.25) is 5.69 Å². The highest BCUT2D eigenvalue weighted by Gasteiger charge is 2.20. The Morgan fingerprint density at radius 1 is 1.12 bits per heavy atom. The molecule has 1 aromatic heterocycles. The standard InChI is InChI=1S/C24H28N/c1-17-8-4-7-11-22(17)24-23-13-12-20(15-19-9-5-6-10-19)16-21(23)14-18(2)25(24)3/h4,7-8,11-14,16,19H,5-6,9-10,15H2,1-3H3/q+1/i7D,8D. The summed E-state index contributed by atoms with van der Waals surface area (Å²) in [5, 5.41) is 2.46. The zero-order valence-corrected chi connectivity index (χ0v) is 15.5. The van der Waals surface area contributed by atoms with Crippen LogP contribution in [0.15, 0.2) is 48.5 Å². The van der Waals surface area contributed by atoms with E-state index in [4.69, 9.17) is 2.74 Å². The van der Waals surface area contributed by atoms with Crippen LogP contribution in [-0.2, 0) is 13.5 Å². The van der Waals surface area contributed by atoms with Gasteiger partial charge in [-0.1, -0.05) is 56.0 Å². The number of pyridine rings is 1. The molecule has 0 radical (unpaired) electrons. The third kappa shape index (κ3) is 3.08. The molecule has 0 unspecified atom stereocenters. The van der Waals surface area contributed by atoms with Crippen LogP contribution in [-0.4, -0.2) is 0 Å². The second kappa shape index (κ2) is 6.63. The van der Waals surface area contributed by atoms with Crippen LogP contribution >= 0.6 is 0 Å². The molecule has 0 aliphatic heterocycles. The van der Waals surface area contributed by atoms with Gasteiger partial charge < -0.3 is 0 Å². The fourth-order valence-corrected chi connectivity index (χ4v) is 4.33. The number of benzene rings is 2. The number of hydrogen-bond acceptors (Lipinski definition) is 0. The fraction of sp³-hybridized carbons (Fsp3) is 0.375. The van der Waals surface area contributed by atoms with Gasteiger partial charge >= 0.3 is 0 Å². The molecule has 4 rings (SSSR count). The summed E-state index contributed by atoms with van der Waals surface area (Å²) < 4.78 is 18.5. The van der Waals surface area contributed by atoms with E-state index in [2.05, 4.69) is 42.8 Å². The predicted octanol–water partition coefficient (Wildman–Crippen LogP) is 5.68. The first kappa shape index (κ1) is 14.1. The first-order chi connectivity index (χ1) is 12.9. The topological polar surface area (TPSA) is 3.88 Å². The Hall–Kier alpha value is -2.15. The van der Waals surface area contributed by atoms with E-state index in [1.165, 1.54) is 54.1 Å². The molecule has 1 aliphatic rings. The van der Waals surface area contributed by atoms with E-state index in [0.717, 1.165) is 22.7 Å². The minimum atomic E-state index is 0.396. The lowest BCUT2D eigenvalue weighted by molar-refractivity contribution is -0.665. The summed E-state index contributed by atoms with van der Waals surface area (Å²) in [5.74, 6) is 0.843. The van der Waals surface area contributed by atoms with E-state index in [0.29, 0.717) is 12.1 Å². The van der Waals surface area contributed by atoms with E-state index < -0.39 is 0 Å². The Morgan fingerprint density at radius 3 is 2.72 bits per heavy atom. The smallest absolute Gasteiger partial charge is 0.198 e. The average molecular weight is 333 g/mol. The number of hydrogen-bond donors (Lipinski definition) is 0. The lowest BCUT2D eigenvalue weighted by Gasteiger charge is -2.13. The molecular weight excluding hydrogens is 302 g/mol. The third-order valence-corrected chi connectivity index (χ3v) is 5.86. The highest BCUT2D eigenvalue weighted by Crippen LogP contribution is 2.32. The van der Waals surface area contributed by atoms with Crippen molar-refractivity contribution in [2.45, 2.75) is 46.0 Å². The number of nitrogens with zero attached hydrogens (tertiary/aromatic N) is 1. The Labute approximate surface area is 154 Å². The molecule has 25 heavy (non-hydrogen) atoms. The third-order valence-electron chi connectivity index (χ3n) is 5.86. The van der Waals surface area contributed by atoms with Crippen LogP contribution in [0.3, 0.4) is 0 Å². The van der Waals surface area contributed by atoms with Gasteiger partial charge in [-0.3, -0.25) is 0 Å². The molecule has 0 N–H and O–H groups in total. The SMILES string of the molecule is [2H]c1cc([2H])c(C)c(-c2c3ccc(CC4CCCC4)cc3cc(C)[n+]2C)c1. The highest BCUT2D eigenvalue weighted by atomic mass is 14.9. The van der Waals surface area contributed by atoms with Gasteiger partial charge in [-0.2, -0.15) is 4.57 Å². The summed E-state index contributed by atoms with van der Waals surface area (Å²) in [6.45, 7) is 4.12. The molecule has 0 amide bonds. The molecule has 1 saturated carbocycles. The second-order valence-electron chi connectivity index (χ2n) is 7.61. The molecule has 1 nitrogen and oxygen atoms in total. The molecule has 0 bridgehead atoms. The maximum Gasteiger partial charge on any atom is 0.220 e. The number of fused-ring (bicyclic) bond motifs is 1. The molecule has 0 saturated heterocycles. The highest BCUT2D eigenvalue weighted by molar-refractivity contribution is 5.94. The summed E-state index contributed by atoms with van der Waals surface area (Å²) in [4.78, 5) is 0. The van der Waals surface area contributed by atoms with Crippen molar-refractivity contribution >= 4 is 10.8 Å². The minimum absolute atomic E-state index is 0.396. The molecule has 0 atom stereocenters. The average Bonchev–Trinajstić information content (AvgIpc) is 3.13. The Kier molecular flexibility index (Phi) is 3.73. The van der Waals surface area contributed by atoms with Gasteiger partial charge in [-0.05, 0) is 47.9 Å². The number of aromatic nitrogens is 1. The van der Waals surface area contributed by atoms with Crippen molar-refractivity contribution in [1.29, 1.82) is 0 Å². The molecule has 3 aromatic rings. The predicted molar refractivity (Wildman–Crippen MR) is 106 cm³/mol. The minimum Gasteiger partial charge on any atom is -0.198 e. The number of rotatable bonds is 3. The molecule has 0 spiro atoms. The maximum atomic E-state index is 8.21. The van der Waals surface area contributed by atoms with E-state index in [1.54, 1.807) is 6.07 Å². The van der Waals surface area contributed by atoms with E-state index in [9.17, 15) is 0 Å². The van der Waals surface area contributed by atoms with E-state index in [1.807, 2.05) is 13.0 Å². The van der Waals surface area contributed by atoms with Crippen LogP contribution in [0, 0.1) is 19.8 Å². The normalized spacial score (nSPS) is 16.3. The zero-order chi connectivity index (χ0) is 19.1. The van der Waals surface area contributed by atoms with Crippen LogP contribution in [0.25, 0.3) is 22.0 Å². The van der Waals surface area contributed by atoms with Gasteiger partial charge in [-0.15, -0.1) is 0 Å². The summed E-state index contributed by atoms with van der Waals surface area (Å²) in [6.07, 6.45) is 6.69. The van der Waals surface area contributed by atoms with E-state index >= 15 is 0 Å². The Balaban J connectivity index is 1.88. The van der Waals surface area contributed by atoms with Crippen molar-refractivity contribution in [3.8, 4) is 11.3 Å². The van der Waals surface area contributed by atoms with Crippen LogP contribution in [0.2, 0.25) is 0 Å². The van der Waals surface area contributed by atoms with Crippen LogP contribution in [0.5, 0.6) is 0 Å². The molecule has 1 heterocycles. The quantitative estimate of drug-likeness (QED) is 0.543. The first-order valence-electron chi connectivity index (χ1n) is 10.4. The van der Waals surface area contributed by atoms with Gasteiger partial charge in [0.15, 0.2) is 5.69 Å². The van der Waals surface area contributed by atoms with Crippen molar-refractivity contribution in [3.63, 3.8) is 0 Å². The van der Waals surface area contributed by atoms with Crippen LogP contribution < -0.4 is 4.57 Å². The fourth-order valence-electron chi connectivity index (χ4n) is 4.33. The van der Waals surface area contributed by atoms with Crippen LogP contribution in [0.4, 0.5) is 0 Å². The van der Waals surface area contributed by atoms with Gasteiger partial charge in [0, 0.05) is 18.6 Å². The summed E-state index contributed by atoms with van der Waals surface area (Å²) in [6, 6.07) is 13.5. The Morgan fingerprint density at radius 2 is 1.92 bits per heavy atom. The van der Waals surface area contributed by atoms with Crippen molar-refractivity contribution in [1.82, 2.24) is 0 Å². The Bertz CT molecular complexity index is 1020. The monoisotopic (exact) mass is 332 g/mol. The molecule has 1 heteroatoms. The summed E-state index contributed by atoms with van der Waals surface area (Å²) in [7, 11) is 2.08. The zero-order valence-electron chi connectivity index (χ0n) is 17.5. The maximum absolute atomic E-state index is 8.21. The molecule has 128 valence electrons. The summed E-state index contributed by atoms with van der Waals surface area (Å²) in [5.41, 5.74) is 5.66. The van der Waals surface area contributed by atoms with Gasteiger partial charge in [0.05, 0.1) is 8.13 Å². The van der Waals surface area contributed by atoms with Crippen molar-refractivity contribution in [3.05, 3.63) is 65.3 Å². The van der Waals surface area contributed by atoms with Gasteiger partial charge in [-0.25, -0.2) is 0 Å². The van der Waals surface area contributed by atoms with Gasteiger partial charge in [0.25, 0.3) is 0 Å². The lowest BCUT2D eigenvalue weighted by atomic mass is 9.94. The first-order valence-corrected chi connectivity index (χ1v) is 9.44. The van der Waals surface area contributed by atoms with Crippen molar-refractivity contribution in [2.75, 3.05) is 0 Å². The number of aryl methyl sites for hydroxylation is 1. The van der Waals surface area contributed by atoms with Crippen molar-refractivity contribution in [2.24, 2.45) is 13.0 Å². The lowest BCUT2D eigenvalue weighted by Crippen LogP contribution is -2.35. The summed E-state index contributed by atoms with van der Waals surface area (Å²) >= 11 is 0. The second-order valence-corrected chi connectivity index (χ2v) is 7.61. The molecule has 2 aromatic carbocycles. The molecule has 1 fully saturated rings. The van der Waals surface area contributed by atoms with Crippen LogP contribution in [0.1, 0.15) is 45.2 Å². The van der Waals surface area contributed by atoms with Gasteiger partial charge in [0.1, 0.15) is 7.05 Å². The van der Waals surface area contributed by atoms with E-state index in [-0.39, 0.29) is 0 Å².